The standard InChI is InChI=1S/C11H25N3O/c1-6-13-10(15)7-12-8-11(2,3)9-14(4)5/h12H,6-9H2,1-5H3,(H,13,15). The third-order valence-corrected chi connectivity index (χ3v) is 2.01. The molecule has 0 aromatic rings. The Morgan fingerprint density at radius 1 is 1.33 bits per heavy atom. The second-order valence-corrected chi connectivity index (χ2v) is 4.96. The molecule has 0 bridgehead atoms. The Bertz CT molecular complexity index is 190. The molecule has 0 spiro atoms. The van der Waals surface area contributed by atoms with E-state index in [1.54, 1.807) is 0 Å². The van der Waals surface area contributed by atoms with Gasteiger partial charge in [0.2, 0.25) is 5.91 Å². The number of nitrogens with one attached hydrogen (secondary N) is 2. The molecule has 2 N–H and O–H groups in total. The Balaban J connectivity index is 3.69. The second-order valence-electron chi connectivity index (χ2n) is 4.96. The minimum Gasteiger partial charge on any atom is -0.355 e. The van der Waals surface area contributed by atoms with Crippen LogP contribution in [0, 0.1) is 5.41 Å². The number of carbonyl (C=O) groups excluding carboxylic acids is 1. The molecule has 0 aromatic carbocycles. The van der Waals surface area contributed by atoms with E-state index in [1.807, 2.05) is 6.92 Å². The number of hydrogen-bond acceptors (Lipinski definition) is 3. The Hall–Kier alpha value is -0.610. The van der Waals surface area contributed by atoms with E-state index in [0.29, 0.717) is 13.1 Å². The number of carbonyl (C=O) groups is 1. The molecule has 0 saturated heterocycles. The molecular formula is C11H25N3O. The summed E-state index contributed by atoms with van der Waals surface area (Å²) in [6, 6.07) is 0. The molecule has 1 amide bonds. The van der Waals surface area contributed by atoms with Crippen molar-refractivity contribution >= 4 is 5.91 Å². The van der Waals surface area contributed by atoms with Crippen molar-refractivity contribution in [2.75, 3.05) is 40.3 Å². The minimum absolute atomic E-state index is 0.0677. The highest BCUT2D eigenvalue weighted by molar-refractivity contribution is 5.77. The SMILES string of the molecule is CCNC(=O)CNCC(C)(C)CN(C)C. The lowest BCUT2D eigenvalue weighted by atomic mass is 9.93. The fourth-order valence-corrected chi connectivity index (χ4v) is 1.69. The Morgan fingerprint density at radius 2 is 1.93 bits per heavy atom. The van der Waals surface area contributed by atoms with Gasteiger partial charge in [0, 0.05) is 19.6 Å². The highest BCUT2D eigenvalue weighted by Gasteiger charge is 2.18. The molecule has 4 nitrogen and oxygen atoms in total. The van der Waals surface area contributed by atoms with E-state index in [1.165, 1.54) is 0 Å². The molecule has 0 unspecified atom stereocenters. The molecule has 0 aliphatic rings. The highest BCUT2D eigenvalue weighted by atomic mass is 16.1. The van der Waals surface area contributed by atoms with Crippen LogP contribution < -0.4 is 10.6 Å². The smallest absolute Gasteiger partial charge is 0.233 e. The molecule has 0 saturated carbocycles. The van der Waals surface area contributed by atoms with Crippen LogP contribution in [0.4, 0.5) is 0 Å². The predicted octanol–water partition coefficient (Wildman–Crippen LogP) is 0.300. The van der Waals surface area contributed by atoms with Gasteiger partial charge in [0.15, 0.2) is 0 Å². The predicted molar refractivity (Wildman–Crippen MR) is 63.9 cm³/mol. The Labute approximate surface area is 93.4 Å². The lowest BCUT2D eigenvalue weighted by Gasteiger charge is -2.28. The first kappa shape index (κ1) is 14.4. The van der Waals surface area contributed by atoms with Crippen LogP contribution in [0.5, 0.6) is 0 Å². The molecule has 0 aliphatic carbocycles. The molecule has 90 valence electrons. The number of likely N-dealkylation sites (N-methyl/N-ethyl adjacent to an activating group) is 1. The zero-order chi connectivity index (χ0) is 11.9. The third-order valence-electron chi connectivity index (χ3n) is 2.01. The highest BCUT2D eigenvalue weighted by Crippen LogP contribution is 2.13. The first-order valence-electron chi connectivity index (χ1n) is 5.49. The topological polar surface area (TPSA) is 44.4 Å². The molecule has 0 rings (SSSR count). The average molecular weight is 215 g/mol. The lowest BCUT2D eigenvalue weighted by molar-refractivity contribution is -0.120. The normalized spacial score (nSPS) is 11.9. The number of rotatable bonds is 7. The first-order valence-corrected chi connectivity index (χ1v) is 5.49. The van der Waals surface area contributed by atoms with Crippen molar-refractivity contribution in [3.05, 3.63) is 0 Å². The van der Waals surface area contributed by atoms with E-state index in [0.717, 1.165) is 13.1 Å². The van der Waals surface area contributed by atoms with Gasteiger partial charge in [-0.2, -0.15) is 0 Å². The molecule has 0 radical (unpaired) electrons. The lowest BCUT2D eigenvalue weighted by Crippen LogP contribution is -2.41. The molecule has 0 heterocycles. The molecule has 0 atom stereocenters. The van der Waals surface area contributed by atoms with Crippen LogP contribution in [0.15, 0.2) is 0 Å². The van der Waals surface area contributed by atoms with Crippen LogP contribution in [0.1, 0.15) is 20.8 Å². The minimum atomic E-state index is 0.0677. The van der Waals surface area contributed by atoms with Gasteiger partial charge in [-0.25, -0.2) is 0 Å². The van der Waals surface area contributed by atoms with Crippen LogP contribution in [-0.4, -0.2) is 51.1 Å². The number of hydrogen-bond donors (Lipinski definition) is 2. The number of amides is 1. The summed E-state index contributed by atoms with van der Waals surface area (Å²) in [6.45, 7) is 9.27. The third kappa shape index (κ3) is 8.39. The van der Waals surface area contributed by atoms with E-state index in [2.05, 4.69) is 43.5 Å². The quantitative estimate of drug-likeness (QED) is 0.642. The summed E-state index contributed by atoms with van der Waals surface area (Å²) in [5, 5.41) is 5.94. The molecule has 15 heavy (non-hydrogen) atoms. The summed E-state index contributed by atoms with van der Waals surface area (Å²) in [5.41, 5.74) is 0.190. The summed E-state index contributed by atoms with van der Waals surface area (Å²) in [5.74, 6) is 0.0677. The molecular weight excluding hydrogens is 190 g/mol. The zero-order valence-electron chi connectivity index (χ0n) is 10.7. The first-order chi connectivity index (χ1) is 6.87. The van der Waals surface area contributed by atoms with Crippen LogP contribution >= 0.6 is 0 Å². The van der Waals surface area contributed by atoms with Crippen molar-refractivity contribution in [2.45, 2.75) is 20.8 Å². The monoisotopic (exact) mass is 215 g/mol. The summed E-state index contributed by atoms with van der Waals surface area (Å²) < 4.78 is 0. The van der Waals surface area contributed by atoms with Crippen molar-refractivity contribution < 1.29 is 4.79 Å². The van der Waals surface area contributed by atoms with Crippen molar-refractivity contribution in [1.29, 1.82) is 0 Å². The van der Waals surface area contributed by atoms with Crippen LogP contribution in [0.2, 0.25) is 0 Å². The van der Waals surface area contributed by atoms with Gasteiger partial charge >= 0.3 is 0 Å². The average Bonchev–Trinajstić information content (AvgIpc) is 2.01. The summed E-state index contributed by atoms with van der Waals surface area (Å²) in [6.07, 6.45) is 0. The van der Waals surface area contributed by atoms with Crippen molar-refractivity contribution in [3.8, 4) is 0 Å². The summed E-state index contributed by atoms with van der Waals surface area (Å²) in [7, 11) is 4.12. The molecule has 0 aliphatic heterocycles. The van der Waals surface area contributed by atoms with Gasteiger partial charge in [-0.05, 0) is 26.4 Å². The van der Waals surface area contributed by atoms with Crippen molar-refractivity contribution in [1.82, 2.24) is 15.5 Å². The fraction of sp³-hybridized carbons (Fsp3) is 0.909. The van der Waals surface area contributed by atoms with Gasteiger partial charge in [-0.15, -0.1) is 0 Å². The molecule has 0 aromatic heterocycles. The van der Waals surface area contributed by atoms with E-state index in [9.17, 15) is 4.79 Å². The number of nitrogens with zero attached hydrogens (tertiary/aromatic N) is 1. The van der Waals surface area contributed by atoms with Crippen LogP contribution in [-0.2, 0) is 4.79 Å². The van der Waals surface area contributed by atoms with Crippen molar-refractivity contribution in [3.63, 3.8) is 0 Å². The van der Waals surface area contributed by atoms with Gasteiger partial charge in [-0.1, -0.05) is 13.8 Å². The van der Waals surface area contributed by atoms with Gasteiger partial charge < -0.3 is 15.5 Å². The molecule has 0 fully saturated rings. The molecule has 4 heteroatoms. The van der Waals surface area contributed by atoms with Crippen LogP contribution in [0.3, 0.4) is 0 Å². The Morgan fingerprint density at radius 3 is 2.40 bits per heavy atom. The summed E-state index contributed by atoms with van der Waals surface area (Å²) >= 11 is 0. The van der Waals surface area contributed by atoms with Crippen molar-refractivity contribution in [2.24, 2.45) is 5.41 Å². The van der Waals surface area contributed by atoms with Gasteiger partial charge in [0.05, 0.1) is 6.54 Å². The maximum Gasteiger partial charge on any atom is 0.233 e. The van der Waals surface area contributed by atoms with Gasteiger partial charge in [0.1, 0.15) is 0 Å². The maximum absolute atomic E-state index is 11.2. The van der Waals surface area contributed by atoms with Crippen LogP contribution in [0.25, 0.3) is 0 Å². The van der Waals surface area contributed by atoms with E-state index in [4.69, 9.17) is 0 Å². The largest absolute Gasteiger partial charge is 0.355 e. The second kappa shape index (κ2) is 6.80. The Kier molecular flexibility index (Phi) is 6.52. The maximum atomic E-state index is 11.2. The van der Waals surface area contributed by atoms with E-state index >= 15 is 0 Å². The van der Waals surface area contributed by atoms with E-state index in [-0.39, 0.29) is 11.3 Å². The fourth-order valence-electron chi connectivity index (χ4n) is 1.69. The zero-order valence-corrected chi connectivity index (χ0v) is 10.7. The van der Waals surface area contributed by atoms with E-state index < -0.39 is 0 Å². The van der Waals surface area contributed by atoms with Gasteiger partial charge in [-0.3, -0.25) is 4.79 Å². The summed E-state index contributed by atoms with van der Waals surface area (Å²) in [4.78, 5) is 13.3. The van der Waals surface area contributed by atoms with Gasteiger partial charge in [0.25, 0.3) is 0 Å².